The van der Waals surface area contributed by atoms with Crippen molar-refractivity contribution < 1.29 is 18.3 Å². The van der Waals surface area contributed by atoms with Crippen molar-refractivity contribution in [1.82, 2.24) is 0 Å². The fraction of sp³-hybridized carbons (Fsp3) is 0.133. The van der Waals surface area contributed by atoms with Gasteiger partial charge in [0.15, 0.2) is 11.6 Å². The van der Waals surface area contributed by atoms with Gasteiger partial charge in [-0.05, 0) is 36.8 Å². The Labute approximate surface area is 115 Å². The Kier molecular flexibility index (Phi) is 3.98. The zero-order chi connectivity index (χ0) is 14.7. The number of nitrogens with two attached hydrogens (primary N) is 1. The van der Waals surface area contributed by atoms with E-state index >= 15 is 0 Å². The Bertz CT molecular complexity index is 639. The number of carbonyl (C=O) groups excluding carboxylic acids is 1. The minimum atomic E-state index is -0.688. The van der Waals surface area contributed by atoms with Gasteiger partial charge in [0.05, 0.1) is 0 Å². The highest BCUT2D eigenvalue weighted by Crippen LogP contribution is 2.24. The topological polar surface area (TPSA) is 52.3 Å². The van der Waals surface area contributed by atoms with Gasteiger partial charge in [0.25, 0.3) is 0 Å². The number of benzene rings is 2. The molecule has 0 unspecified atom stereocenters. The maximum absolute atomic E-state index is 14.0. The minimum absolute atomic E-state index is 0.0248. The molecule has 0 aromatic heterocycles. The van der Waals surface area contributed by atoms with Crippen LogP contribution in [-0.4, -0.2) is 5.91 Å². The van der Waals surface area contributed by atoms with E-state index in [0.29, 0.717) is 5.56 Å². The van der Waals surface area contributed by atoms with Crippen LogP contribution in [0.15, 0.2) is 36.4 Å². The lowest BCUT2D eigenvalue weighted by atomic mass is 10.1. The van der Waals surface area contributed by atoms with Gasteiger partial charge >= 0.3 is 0 Å². The lowest BCUT2D eigenvalue weighted by molar-refractivity contribution is 0.0999. The van der Waals surface area contributed by atoms with E-state index in [-0.39, 0.29) is 29.3 Å². The van der Waals surface area contributed by atoms with Gasteiger partial charge < -0.3 is 10.5 Å². The maximum Gasteiger partial charge on any atom is 0.249 e. The van der Waals surface area contributed by atoms with Crippen LogP contribution in [0.2, 0.25) is 0 Å². The van der Waals surface area contributed by atoms with Crippen LogP contribution in [0, 0.1) is 18.6 Å². The fourth-order valence-corrected chi connectivity index (χ4v) is 1.78. The molecule has 2 aromatic rings. The maximum atomic E-state index is 14.0. The number of rotatable bonds is 4. The molecule has 3 nitrogen and oxygen atoms in total. The summed E-state index contributed by atoms with van der Waals surface area (Å²) in [5.41, 5.74) is 6.11. The van der Waals surface area contributed by atoms with Crippen LogP contribution in [-0.2, 0) is 6.61 Å². The van der Waals surface area contributed by atoms with Gasteiger partial charge in [0, 0.05) is 11.1 Å². The molecule has 0 aliphatic heterocycles. The van der Waals surface area contributed by atoms with Crippen LogP contribution < -0.4 is 10.5 Å². The smallest absolute Gasteiger partial charge is 0.249 e. The molecular weight excluding hydrogens is 264 g/mol. The molecule has 0 bridgehead atoms. The van der Waals surface area contributed by atoms with Crippen LogP contribution in [0.5, 0.6) is 5.75 Å². The van der Waals surface area contributed by atoms with E-state index in [0.717, 1.165) is 0 Å². The summed E-state index contributed by atoms with van der Waals surface area (Å²) in [6, 6.07) is 8.48. The van der Waals surface area contributed by atoms with E-state index in [4.69, 9.17) is 10.5 Å². The van der Waals surface area contributed by atoms with E-state index < -0.39 is 11.7 Å². The molecule has 0 aliphatic carbocycles. The third kappa shape index (κ3) is 2.93. The molecule has 0 fully saturated rings. The Morgan fingerprint density at radius 2 is 1.80 bits per heavy atom. The molecule has 0 radical (unpaired) electrons. The average Bonchev–Trinajstić information content (AvgIpc) is 2.42. The van der Waals surface area contributed by atoms with E-state index in [1.54, 1.807) is 12.1 Å². The van der Waals surface area contributed by atoms with Crippen molar-refractivity contribution in [1.29, 1.82) is 0 Å². The fourth-order valence-electron chi connectivity index (χ4n) is 1.78. The first-order valence-corrected chi connectivity index (χ1v) is 5.95. The number of ether oxygens (including phenoxy) is 1. The molecule has 0 aliphatic rings. The Morgan fingerprint density at radius 3 is 2.40 bits per heavy atom. The van der Waals surface area contributed by atoms with Gasteiger partial charge in [-0.1, -0.05) is 12.1 Å². The second-order valence-electron chi connectivity index (χ2n) is 4.33. The first-order chi connectivity index (χ1) is 9.49. The molecule has 1 amide bonds. The molecule has 0 atom stereocenters. The second kappa shape index (κ2) is 5.69. The van der Waals surface area contributed by atoms with Crippen LogP contribution in [0.1, 0.15) is 21.5 Å². The monoisotopic (exact) mass is 277 g/mol. The predicted molar refractivity (Wildman–Crippen MR) is 70.4 cm³/mol. The summed E-state index contributed by atoms with van der Waals surface area (Å²) < 4.78 is 32.1. The van der Waals surface area contributed by atoms with Crippen LogP contribution in [0.3, 0.4) is 0 Å². The molecule has 0 spiro atoms. The third-order valence-electron chi connectivity index (χ3n) is 2.92. The van der Waals surface area contributed by atoms with Crippen molar-refractivity contribution in [3.8, 4) is 5.75 Å². The second-order valence-corrected chi connectivity index (χ2v) is 4.33. The highest BCUT2D eigenvalue weighted by molar-refractivity contribution is 5.94. The van der Waals surface area contributed by atoms with Crippen molar-refractivity contribution in [2.75, 3.05) is 0 Å². The number of hydrogen-bond acceptors (Lipinski definition) is 2. The molecule has 2 N–H and O–H groups in total. The number of carbonyl (C=O) groups is 1. The van der Waals surface area contributed by atoms with E-state index in [1.165, 1.54) is 31.2 Å². The zero-order valence-corrected chi connectivity index (χ0v) is 10.8. The van der Waals surface area contributed by atoms with Gasteiger partial charge in [-0.15, -0.1) is 0 Å². The van der Waals surface area contributed by atoms with E-state index in [9.17, 15) is 13.6 Å². The molecule has 0 saturated heterocycles. The van der Waals surface area contributed by atoms with E-state index in [1.807, 2.05) is 0 Å². The number of primary amides is 1. The average molecular weight is 277 g/mol. The summed E-state index contributed by atoms with van der Waals surface area (Å²) in [6.07, 6.45) is 0. The number of hydrogen-bond donors (Lipinski definition) is 1. The van der Waals surface area contributed by atoms with Crippen molar-refractivity contribution in [2.45, 2.75) is 13.5 Å². The molecule has 5 heteroatoms. The quantitative estimate of drug-likeness (QED) is 0.934. The van der Waals surface area contributed by atoms with Crippen LogP contribution >= 0.6 is 0 Å². The third-order valence-corrected chi connectivity index (χ3v) is 2.92. The lowest BCUT2D eigenvalue weighted by Gasteiger charge is -2.10. The zero-order valence-electron chi connectivity index (χ0n) is 10.8. The van der Waals surface area contributed by atoms with Crippen molar-refractivity contribution in [3.05, 3.63) is 64.7 Å². The van der Waals surface area contributed by atoms with Crippen molar-refractivity contribution in [3.63, 3.8) is 0 Å². The van der Waals surface area contributed by atoms with Gasteiger partial charge in [-0.2, -0.15) is 0 Å². The van der Waals surface area contributed by atoms with E-state index in [2.05, 4.69) is 0 Å². The standard InChI is InChI=1S/C15H13F2NO2/c1-9-12(15(18)19)6-7-13(14(9)17)20-8-10-2-4-11(16)5-3-10/h2-7H,8H2,1H3,(H2,18,19). The summed E-state index contributed by atoms with van der Waals surface area (Å²) in [5, 5.41) is 0. The molecule has 104 valence electrons. The Balaban J connectivity index is 2.16. The number of halogens is 2. The molecule has 20 heavy (non-hydrogen) atoms. The normalized spacial score (nSPS) is 10.3. The minimum Gasteiger partial charge on any atom is -0.486 e. The van der Waals surface area contributed by atoms with Gasteiger partial charge in [0.1, 0.15) is 12.4 Å². The summed E-state index contributed by atoms with van der Waals surface area (Å²) in [7, 11) is 0. The van der Waals surface area contributed by atoms with Crippen LogP contribution in [0.25, 0.3) is 0 Å². The summed E-state index contributed by atoms with van der Waals surface area (Å²) in [5.74, 6) is -1.63. The molecule has 0 saturated carbocycles. The predicted octanol–water partition coefficient (Wildman–Crippen LogP) is 2.95. The molecule has 2 rings (SSSR count). The van der Waals surface area contributed by atoms with Crippen LogP contribution in [0.4, 0.5) is 8.78 Å². The molecule has 0 heterocycles. The highest BCUT2D eigenvalue weighted by Gasteiger charge is 2.14. The molecular formula is C15H13F2NO2. The van der Waals surface area contributed by atoms with Gasteiger partial charge in [0.2, 0.25) is 5.91 Å². The SMILES string of the molecule is Cc1c(C(N)=O)ccc(OCc2ccc(F)cc2)c1F. The number of amides is 1. The summed E-state index contributed by atoms with van der Waals surface area (Å²) in [4.78, 5) is 11.1. The van der Waals surface area contributed by atoms with Gasteiger partial charge in [-0.25, -0.2) is 8.78 Å². The highest BCUT2D eigenvalue weighted by atomic mass is 19.1. The lowest BCUT2D eigenvalue weighted by Crippen LogP contribution is -2.14. The Morgan fingerprint density at radius 1 is 1.15 bits per heavy atom. The summed E-state index contributed by atoms with van der Waals surface area (Å²) >= 11 is 0. The molecule has 2 aromatic carbocycles. The Hall–Kier alpha value is -2.43. The first-order valence-electron chi connectivity index (χ1n) is 5.95. The van der Waals surface area contributed by atoms with Gasteiger partial charge in [-0.3, -0.25) is 4.79 Å². The van der Waals surface area contributed by atoms with Crippen molar-refractivity contribution >= 4 is 5.91 Å². The first kappa shape index (κ1) is 14.0. The summed E-state index contributed by atoms with van der Waals surface area (Å²) in [6.45, 7) is 1.56. The van der Waals surface area contributed by atoms with Crippen molar-refractivity contribution in [2.24, 2.45) is 5.73 Å². The largest absolute Gasteiger partial charge is 0.486 e.